The highest BCUT2D eigenvalue weighted by molar-refractivity contribution is 6.25. The molecule has 0 aromatic heterocycles. The van der Waals surface area contributed by atoms with E-state index in [1.165, 1.54) is 33.8 Å². The Bertz CT molecular complexity index is 606. The lowest BCUT2D eigenvalue weighted by Gasteiger charge is -2.03. The van der Waals surface area contributed by atoms with Crippen molar-refractivity contribution in [1.82, 2.24) is 0 Å². The second kappa shape index (κ2) is 4.55. The number of hydrogen-bond donors (Lipinski definition) is 0. The smallest absolute Gasteiger partial charge is 0.108 e. The topological polar surface area (TPSA) is 9.03 Å². The summed E-state index contributed by atoms with van der Waals surface area (Å²) in [5, 5.41) is 0. The molecule has 2 aliphatic heterocycles. The van der Waals surface area contributed by atoms with Gasteiger partial charge in [-0.05, 0) is 33.3 Å². The fourth-order valence-corrected chi connectivity index (χ4v) is 2.90. The fourth-order valence-electron chi connectivity index (χ4n) is 2.90. The Morgan fingerprint density at radius 3 is 2.11 bits per heavy atom. The van der Waals surface area contributed by atoms with Crippen LogP contribution in [0, 0.1) is 0 Å². The summed E-state index contributed by atoms with van der Waals surface area (Å²) >= 11 is 0. The van der Waals surface area contributed by atoms with Gasteiger partial charge in [0.1, 0.15) is 14.1 Å². The Balaban J connectivity index is 2.67. The van der Waals surface area contributed by atoms with Crippen molar-refractivity contribution in [3.63, 3.8) is 0 Å². The Morgan fingerprint density at radius 2 is 1.58 bits per heavy atom. The lowest BCUT2D eigenvalue weighted by atomic mass is 10.0. The minimum Gasteiger partial charge on any atom is -0.108 e. The lowest BCUT2D eigenvalue weighted by Crippen LogP contribution is -2.35. The van der Waals surface area contributed by atoms with Crippen LogP contribution in [0.15, 0.2) is 22.4 Å². The molecule has 0 saturated carbocycles. The molecule has 0 radical (unpaired) electrons. The van der Waals surface area contributed by atoms with Crippen LogP contribution in [0.2, 0.25) is 0 Å². The van der Waals surface area contributed by atoms with Crippen molar-refractivity contribution in [2.45, 2.75) is 47.8 Å². The van der Waals surface area contributed by atoms with E-state index in [1.807, 2.05) is 0 Å². The van der Waals surface area contributed by atoms with Gasteiger partial charge in [0.2, 0.25) is 11.9 Å². The van der Waals surface area contributed by atoms with E-state index >= 15 is 0 Å². The van der Waals surface area contributed by atoms with Gasteiger partial charge in [0.15, 0.2) is 0 Å². The monoisotopic (exact) mass is 260 g/mol. The highest BCUT2D eigenvalue weighted by atomic mass is 15.5. The molecule has 0 saturated heterocycles. The van der Waals surface area contributed by atoms with Gasteiger partial charge in [-0.2, -0.15) is 0 Å². The van der Waals surface area contributed by atoms with E-state index in [0.29, 0.717) is 6.29 Å². The van der Waals surface area contributed by atoms with E-state index in [9.17, 15) is 0 Å². The number of nitrogens with zero attached hydrogens (tertiary/aromatic N) is 3. The molecule has 1 unspecified atom stereocenters. The van der Waals surface area contributed by atoms with Crippen molar-refractivity contribution in [2.75, 3.05) is 14.1 Å². The fraction of sp³-hybridized carbons (Fsp3) is 0.562. The molecular weight excluding hydrogens is 234 g/mol. The summed E-state index contributed by atoms with van der Waals surface area (Å²) < 4.78 is 7.07. The lowest BCUT2D eigenvalue weighted by molar-refractivity contribution is -0.891. The van der Waals surface area contributed by atoms with Gasteiger partial charge in [-0.15, -0.1) is 9.15 Å². The second-order valence-corrected chi connectivity index (χ2v) is 5.93. The maximum absolute atomic E-state index is 2.40. The summed E-state index contributed by atoms with van der Waals surface area (Å²) in [7, 11) is 4.33. The van der Waals surface area contributed by atoms with Crippen LogP contribution in [-0.4, -0.2) is 51.7 Å². The number of rotatable bonds is 1. The van der Waals surface area contributed by atoms with Gasteiger partial charge in [0.25, 0.3) is 11.4 Å². The minimum atomic E-state index is 0.301. The van der Waals surface area contributed by atoms with Gasteiger partial charge < -0.3 is 0 Å². The normalized spacial score (nSPS) is 24.8. The predicted octanol–water partition coefficient (Wildman–Crippen LogP) is 2.22. The van der Waals surface area contributed by atoms with Crippen LogP contribution in [0.3, 0.4) is 0 Å². The summed E-state index contributed by atoms with van der Waals surface area (Å²) in [6.45, 7) is 13.2. The van der Waals surface area contributed by atoms with Crippen molar-refractivity contribution >= 4 is 17.6 Å². The molecular formula is C16H26N3+3. The van der Waals surface area contributed by atoms with E-state index < -0.39 is 0 Å². The van der Waals surface area contributed by atoms with Crippen molar-refractivity contribution in [3.05, 3.63) is 22.4 Å². The van der Waals surface area contributed by atoms with Crippen LogP contribution in [0.1, 0.15) is 41.5 Å². The Morgan fingerprint density at radius 1 is 1.00 bits per heavy atom. The zero-order chi connectivity index (χ0) is 14.5. The third kappa shape index (κ3) is 1.92. The molecule has 2 rings (SSSR count). The third-order valence-corrected chi connectivity index (χ3v) is 4.62. The molecule has 3 nitrogen and oxygen atoms in total. The van der Waals surface area contributed by atoms with Crippen LogP contribution in [0.5, 0.6) is 0 Å². The number of hydrogen-bond acceptors (Lipinski definition) is 0. The molecule has 102 valence electrons. The molecule has 1 atom stereocenters. The van der Waals surface area contributed by atoms with Crippen LogP contribution in [-0.2, 0) is 0 Å². The van der Waals surface area contributed by atoms with Gasteiger partial charge in [0.05, 0.1) is 0 Å². The molecule has 0 bridgehead atoms. The highest BCUT2D eigenvalue weighted by Crippen LogP contribution is 2.25. The first-order valence-corrected chi connectivity index (χ1v) is 6.89. The van der Waals surface area contributed by atoms with Gasteiger partial charge >= 0.3 is 6.29 Å². The highest BCUT2D eigenvalue weighted by Gasteiger charge is 2.56. The van der Waals surface area contributed by atoms with Crippen molar-refractivity contribution < 1.29 is 13.7 Å². The van der Waals surface area contributed by atoms with Crippen LogP contribution in [0.4, 0.5) is 0 Å². The first-order chi connectivity index (χ1) is 8.77. The summed E-state index contributed by atoms with van der Waals surface area (Å²) in [5.74, 6) is 0. The number of fused-ring (bicyclic) bond motifs is 1. The Labute approximate surface area is 116 Å². The summed E-state index contributed by atoms with van der Waals surface area (Å²) in [4.78, 5) is 0. The molecule has 19 heavy (non-hydrogen) atoms. The predicted molar refractivity (Wildman–Crippen MR) is 80.6 cm³/mol. The van der Waals surface area contributed by atoms with Crippen LogP contribution >= 0.6 is 0 Å². The van der Waals surface area contributed by atoms with E-state index in [-0.39, 0.29) is 0 Å². The van der Waals surface area contributed by atoms with E-state index in [4.69, 9.17) is 0 Å². The number of allylic oxidation sites excluding steroid dienone is 4. The SMILES string of the molecule is CC(C)=C(C)/C(C)=C1/C(C)=[N+](C)C2[N+]1=CC(C)=[N+]2C. The summed E-state index contributed by atoms with van der Waals surface area (Å²) in [6.07, 6.45) is 2.56. The molecule has 0 N–H and O–H groups in total. The van der Waals surface area contributed by atoms with Crippen LogP contribution < -0.4 is 0 Å². The van der Waals surface area contributed by atoms with Crippen LogP contribution in [0.25, 0.3) is 0 Å². The zero-order valence-electron chi connectivity index (χ0n) is 13.5. The van der Waals surface area contributed by atoms with E-state index in [0.717, 1.165) is 0 Å². The molecule has 0 spiro atoms. The molecule has 3 heteroatoms. The first-order valence-electron chi connectivity index (χ1n) is 6.89. The minimum absolute atomic E-state index is 0.301. The maximum atomic E-state index is 2.40. The Kier molecular flexibility index (Phi) is 3.33. The standard InChI is InChI=1S/C16H26N3/c1-10(2)12(4)13(5)15-14(6)18(8)16-17(7)11(3)9-19(15)16/h9,16H,1-8H3/q+3/b15-13-. The van der Waals surface area contributed by atoms with Gasteiger partial charge in [-0.3, -0.25) is 0 Å². The first kappa shape index (κ1) is 13.9. The largest absolute Gasteiger partial charge is 0.543 e. The summed E-state index contributed by atoms with van der Waals surface area (Å²) in [5.41, 5.74) is 8.17. The van der Waals surface area contributed by atoms with Crippen molar-refractivity contribution in [3.8, 4) is 0 Å². The quantitative estimate of drug-likeness (QED) is 0.639. The average molecular weight is 260 g/mol. The maximum Gasteiger partial charge on any atom is 0.543 e. The zero-order valence-corrected chi connectivity index (χ0v) is 13.5. The molecule has 0 aliphatic carbocycles. The van der Waals surface area contributed by atoms with Crippen molar-refractivity contribution in [1.29, 1.82) is 0 Å². The molecule has 0 aromatic rings. The third-order valence-electron chi connectivity index (χ3n) is 4.62. The molecule has 2 heterocycles. The molecule has 0 aromatic carbocycles. The van der Waals surface area contributed by atoms with E-state index in [1.54, 1.807) is 0 Å². The van der Waals surface area contributed by atoms with Gasteiger partial charge in [-0.1, -0.05) is 10.1 Å². The summed E-state index contributed by atoms with van der Waals surface area (Å²) in [6, 6.07) is 0. The average Bonchev–Trinajstić information content (AvgIpc) is 2.75. The Hall–Kier alpha value is -1.51. The molecule has 0 fully saturated rings. The van der Waals surface area contributed by atoms with Crippen molar-refractivity contribution in [2.24, 2.45) is 0 Å². The van der Waals surface area contributed by atoms with Gasteiger partial charge in [0, 0.05) is 19.4 Å². The molecule has 2 aliphatic rings. The van der Waals surface area contributed by atoms with E-state index in [2.05, 4.69) is 75.6 Å². The second-order valence-electron chi connectivity index (χ2n) is 5.93. The van der Waals surface area contributed by atoms with Gasteiger partial charge in [-0.25, -0.2) is 0 Å². The molecule has 0 amide bonds.